The minimum absolute atomic E-state index is 0.00390. The fourth-order valence-electron chi connectivity index (χ4n) is 3.23. The van der Waals surface area contributed by atoms with E-state index in [1.54, 1.807) is 0 Å². The number of aliphatic hydroxyl groups excluding tert-OH is 2. The van der Waals surface area contributed by atoms with Crippen LogP contribution in [0.3, 0.4) is 0 Å². The maximum absolute atomic E-state index is 12.3. The van der Waals surface area contributed by atoms with E-state index in [1.165, 1.54) is 5.56 Å². The van der Waals surface area contributed by atoms with Crippen molar-refractivity contribution < 1.29 is 24.9 Å². The van der Waals surface area contributed by atoms with E-state index in [2.05, 4.69) is 25.7 Å². The van der Waals surface area contributed by atoms with Crippen molar-refractivity contribution in [1.29, 1.82) is 0 Å². The van der Waals surface area contributed by atoms with Crippen molar-refractivity contribution in [2.75, 3.05) is 26.2 Å². The third-order valence-electron chi connectivity index (χ3n) is 4.99. The zero-order chi connectivity index (χ0) is 20.4. The van der Waals surface area contributed by atoms with Crippen LogP contribution in [0.15, 0.2) is 24.3 Å². The molecule has 1 aliphatic heterocycles. The standard InChI is InChI=1S/C20H31NO3.CH2O2/c1-20(2,3)17-8-6-15(7-9-17)18(23)5-4-11-21-12-10-16(14-22)19(24)13-21;2-1-3/h6-9,16,19,22,24H,4-5,10-14H2,1-3H3;1H,(H,2,3)/t16-,19+;/m1./s1. The number of Topliss-reactive ketones (excluding diaryl/α,β-unsaturated/α-hetero) is 1. The Morgan fingerprint density at radius 2 is 1.85 bits per heavy atom. The zero-order valence-electron chi connectivity index (χ0n) is 16.6. The summed E-state index contributed by atoms with van der Waals surface area (Å²) < 4.78 is 0. The van der Waals surface area contributed by atoms with Gasteiger partial charge in [-0.05, 0) is 36.9 Å². The van der Waals surface area contributed by atoms with Crippen molar-refractivity contribution in [3.05, 3.63) is 35.4 Å². The zero-order valence-corrected chi connectivity index (χ0v) is 16.6. The van der Waals surface area contributed by atoms with Gasteiger partial charge in [0.2, 0.25) is 0 Å². The van der Waals surface area contributed by atoms with Crippen LogP contribution in [-0.2, 0) is 10.2 Å². The molecule has 1 aromatic carbocycles. The fourth-order valence-corrected chi connectivity index (χ4v) is 3.23. The molecule has 0 aromatic heterocycles. The Morgan fingerprint density at radius 3 is 2.33 bits per heavy atom. The van der Waals surface area contributed by atoms with Gasteiger partial charge in [0, 0.05) is 31.1 Å². The first kappa shape index (κ1) is 23.3. The average molecular weight is 379 g/mol. The van der Waals surface area contributed by atoms with E-state index in [-0.39, 0.29) is 30.2 Å². The normalized spacial score (nSPS) is 20.5. The van der Waals surface area contributed by atoms with Crippen LogP contribution in [-0.4, -0.2) is 64.8 Å². The highest BCUT2D eigenvalue weighted by molar-refractivity contribution is 5.96. The van der Waals surface area contributed by atoms with E-state index < -0.39 is 6.10 Å². The van der Waals surface area contributed by atoms with Gasteiger partial charge in [-0.3, -0.25) is 9.59 Å². The van der Waals surface area contributed by atoms with Gasteiger partial charge < -0.3 is 20.2 Å². The molecule has 0 aliphatic carbocycles. The SMILES string of the molecule is CC(C)(C)c1ccc(C(=O)CCCN2CC[C@H](CO)[C@@H](O)C2)cc1.O=CO. The maximum atomic E-state index is 12.3. The van der Waals surface area contributed by atoms with E-state index in [9.17, 15) is 9.90 Å². The summed E-state index contributed by atoms with van der Waals surface area (Å²) in [7, 11) is 0. The van der Waals surface area contributed by atoms with Gasteiger partial charge in [-0.1, -0.05) is 45.0 Å². The Kier molecular flexibility index (Phi) is 9.63. The molecular weight excluding hydrogens is 346 g/mol. The number of nitrogens with zero attached hydrogens (tertiary/aromatic N) is 1. The molecule has 6 nitrogen and oxygen atoms in total. The molecule has 1 aromatic rings. The van der Waals surface area contributed by atoms with E-state index in [0.29, 0.717) is 13.0 Å². The van der Waals surface area contributed by atoms with Gasteiger partial charge in [-0.25, -0.2) is 0 Å². The van der Waals surface area contributed by atoms with Crippen molar-refractivity contribution in [1.82, 2.24) is 4.90 Å². The number of aliphatic hydroxyl groups is 2. The summed E-state index contributed by atoms with van der Waals surface area (Å²) in [5, 5.41) is 26.0. The Labute approximate surface area is 161 Å². The predicted molar refractivity (Wildman–Crippen MR) is 105 cm³/mol. The summed E-state index contributed by atoms with van der Waals surface area (Å²) in [6.07, 6.45) is 1.70. The number of rotatable bonds is 6. The highest BCUT2D eigenvalue weighted by atomic mass is 16.3. The van der Waals surface area contributed by atoms with E-state index >= 15 is 0 Å². The smallest absolute Gasteiger partial charge is 0.290 e. The summed E-state index contributed by atoms with van der Waals surface area (Å²) in [6.45, 7) is 8.60. The summed E-state index contributed by atoms with van der Waals surface area (Å²) in [6, 6.07) is 7.95. The van der Waals surface area contributed by atoms with Crippen LogP contribution in [0.5, 0.6) is 0 Å². The molecule has 0 bridgehead atoms. The number of ketones is 1. The van der Waals surface area contributed by atoms with E-state index in [0.717, 1.165) is 31.5 Å². The monoisotopic (exact) mass is 379 g/mol. The minimum atomic E-state index is -0.454. The third-order valence-corrected chi connectivity index (χ3v) is 4.99. The molecule has 1 fully saturated rings. The topological polar surface area (TPSA) is 98.1 Å². The number of β-amino-alcohol motifs (C(OH)–C–C–N with tert-alkyl or cyclic N) is 1. The number of carbonyl (C=O) groups is 2. The summed E-state index contributed by atoms with van der Waals surface area (Å²) in [5.74, 6) is 0.186. The largest absolute Gasteiger partial charge is 0.483 e. The summed E-state index contributed by atoms with van der Waals surface area (Å²) in [4.78, 5) is 22.9. The Morgan fingerprint density at radius 1 is 1.26 bits per heavy atom. The van der Waals surface area contributed by atoms with Crippen LogP contribution in [0.4, 0.5) is 0 Å². The second kappa shape index (κ2) is 11.2. The lowest BCUT2D eigenvalue weighted by atomic mass is 9.86. The average Bonchev–Trinajstić information content (AvgIpc) is 2.62. The second-order valence-corrected chi connectivity index (χ2v) is 8.06. The summed E-state index contributed by atoms with van der Waals surface area (Å²) >= 11 is 0. The maximum Gasteiger partial charge on any atom is 0.290 e. The molecule has 1 heterocycles. The summed E-state index contributed by atoms with van der Waals surface area (Å²) in [5.41, 5.74) is 2.12. The van der Waals surface area contributed by atoms with Crippen LogP contribution in [0.2, 0.25) is 0 Å². The Hall–Kier alpha value is -1.76. The van der Waals surface area contributed by atoms with Crippen LogP contribution >= 0.6 is 0 Å². The molecule has 3 N–H and O–H groups in total. The first-order valence-corrected chi connectivity index (χ1v) is 9.45. The lowest BCUT2D eigenvalue weighted by Gasteiger charge is -2.35. The Balaban J connectivity index is 0.00000114. The molecule has 1 saturated heterocycles. The van der Waals surface area contributed by atoms with Gasteiger partial charge in [0.15, 0.2) is 5.78 Å². The molecule has 2 rings (SSSR count). The number of likely N-dealkylation sites (tertiary alicyclic amines) is 1. The molecule has 27 heavy (non-hydrogen) atoms. The molecular formula is C21H33NO5. The highest BCUT2D eigenvalue weighted by Crippen LogP contribution is 2.23. The molecule has 0 unspecified atom stereocenters. The van der Waals surface area contributed by atoms with Crippen molar-refractivity contribution in [3.63, 3.8) is 0 Å². The predicted octanol–water partition coefficient (Wildman–Crippen LogP) is 2.32. The minimum Gasteiger partial charge on any atom is -0.483 e. The van der Waals surface area contributed by atoms with E-state index in [1.807, 2.05) is 24.3 Å². The molecule has 0 amide bonds. The number of carboxylic acid groups (broad SMARTS) is 1. The molecule has 1 aliphatic rings. The number of hydrogen-bond acceptors (Lipinski definition) is 5. The first-order valence-electron chi connectivity index (χ1n) is 9.45. The molecule has 2 atom stereocenters. The van der Waals surface area contributed by atoms with Gasteiger partial charge in [-0.15, -0.1) is 0 Å². The molecule has 6 heteroatoms. The van der Waals surface area contributed by atoms with Gasteiger partial charge in [-0.2, -0.15) is 0 Å². The first-order chi connectivity index (χ1) is 12.7. The Bertz CT molecular complexity index is 579. The third kappa shape index (κ3) is 7.79. The van der Waals surface area contributed by atoms with Crippen LogP contribution in [0.25, 0.3) is 0 Å². The van der Waals surface area contributed by atoms with Crippen molar-refractivity contribution >= 4 is 12.3 Å². The lowest BCUT2D eigenvalue weighted by Crippen LogP contribution is -2.45. The highest BCUT2D eigenvalue weighted by Gasteiger charge is 2.26. The number of piperidine rings is 1. The number of hydrogen-bond donors (Lipinski definition) is 3. The quantitative estimate of drug-likeness (QED) is 0.518. The van der Waals surface area contributed by atoms with Crippen LogP contribution < -0.4 is 0 Å². The number of benzene rings is 1. The van der Waals surface area contributed by atoms with Crippen molar-refractivity contribution in [2.24, 2.45) is 5.92 Å². The molecule has 0 saturated carbocycles. The van der Waals surface area contributed by atoms with Crippen molar-refractivity contribution in [3.8, 4) is 0 Å². The van der Waals surface area contributed by atoms with Crippen LogP contribution in [0.1, 0.15) is 56.0 Å². The molecule has 0 spiro atoms. The molecule has 0 radical (unpaired) electrons. The van der Waals surface area contributed by atoms with Gasteiger partial charge in [0.25, 0.3) is 6.47 Å². The van der Waals surface area contributed by atoms with Gasteiger partial charge in [0.1, 0.15) is 0 Å². The second-order valence-electron chi connectivity index (χ2n) is 8.06. The van der Waals surface area contributed by atoms with Crippen molar-refractivity contribution in [2.45, 2.75) is 51.6 Å². The van der Waals surface area contributed by atoms with E-state index in [4.69, 9.17) is 15.0 Å². The molecule has 152 valence electrons. The van der Waals surface area contributed by atoms with Crippen LogP contribution in [0, 0.1) is 5.92 Å². The number of carbonyl (C=O) groups excluding carboxylic acids is 1. The van der Waals surface area contributed by atoms with Gasteiger partial charge in [0.05, 0.1) is 6.10 Å². The van der Waals surface area contributed by atoms with Gasteiger partial charge >= 0.3 is 0 Å². The fraction of sp³-hybridized carbons (Fsp3) is 0.619. The lowest BCUT2D eigenvalue weighted by molar-refractivity contribution is -0.122.